The van der Waals surface area contributed by atoms with Gasteiger partial charge in [0.15, 0.2) is 0 Å². The maximum atomic E-state index is 6.60. The molecule has 0 aromatic rings. The average Bonchev–Trinajstić information content (AvgIpc) is 1.93. The van der Waals surface area contributed by atoms with Gasteiger partial charge in [-0.3, -0.25) is 10.4 Å². The van der Waals surface area contributed by atoms with Crippen molar-refractivity contribution in [2.75, 3.05) is 7.05 Å². The summed E-state index contributed by atoms with van der Waals surface area (Å²) in [6.07, 6.45) is 2.77. The first kappa shape index (κ1) is 11.0. The molecule has 0 atom stereocenters. The number of hydrogen-bond acceptors (Lipinski definition) is 2. The van der Waals surface area contributed by atoms with Gasteiger partial charge in [-0.25, -0.2) is 0 Å². The molecule has 0 amide bonds. The molecule has 0 aromatic carbocycles. The van der Waals surface area contributed by atoms with E-state index in [1.807, 2.05) is 13.8 Å². The Morgan fingerprint density at radius 2 is 1.89 bits per heavy atom. The van der Waals surface area contributed by atoms with Gasteiger partial charge in [-0.2, -0.15) is 5.10 Å². The summed E-state index contributed by atoms with van der Waals surface area (Å²) in [5, 5.41) is 11.7. The van der Waals surface area contributed by atoms with Crippen LogP contribution < -0.4 is 0 Å². The van der Waals surface area contributed by atoms with Gasteiger partial charge in [0.1, 0.15) is 6.34 Å². The Balaban J connectivity index is 0. The first-order valence-corrected chi connectivity index (χ1v) is 3.03. The molecule has 0 bridgehead atoms. The van der Waals surface area contributed by atoms with Crippen LogP contribution in [0.15, 0.2) is 5.10 Å². The second-order valence-electron chi connectivity index (χ2n) is 1.08. The molecule has 0 spiro atoms. The van der Waals surface area contributed by atoms with Gasteiger partial charge >= 0.3 is 0 Å². The molecular weight excluding hydrogens is 114 g/mol. The first-order chi connectivity index (χ1) is 4.31. The maximum Gasteiger partial charge on any atom is 0.102 e. The zero-order valence-corrected chi connectivity index (χ0v) is 6.55. The quantitative estimate of drug-likeness (QED) is 0.343. The molecule has 0 saturated carbocycles. The van der Waals surface area contributed by atoms with Gasteiger partial charge in [0, 0.05) is 13.3 Å². The minimum Gasteiger partial charge on any atom is -0.290 e. The van der Waals surface area contributed by atoms with Crippen molar-refractivity contribution >= 4 is 12.6 Å². The standard InChI is InChI=1S/C4H9N3.C2H6/c1-3-6-7(2)4-5;1-2/h3-5H,1-2H3;1-2H3/b5-4?,6-3-;. The molecule has 0 heterocycles. The molecular formula is C6H15N3. The summed E-state index contributed by atoms with van der Waals surface area (Å²) in [6.45, 7) is 5.81. The highest BCUT2D eigenvalue weighted by Crippen LogP contribution is 1.70. The number of hydrazone groups is 1. The molecule has 0 aliphatic rings. The topological polar surface area (TPSA) is 39.5 Å². The van der Waals surface area contributed by atoms with E-state index in [1.165, 1.54) is 5.01 Å². The normalized spacial score (nSPS) is 8.00. The van der Waals surface area contributed by atoms with Crippen LogP contribution in [0.25, 0.3) is 0 Å². The fourth-order valence-electron chi connectivity index (χ4n) is 0.215. The molecule has 0 saturated heterocycles. The van der Waals surface area contributed by atoms with Crippen molar-refractivity contribution in [3.63, 3.8) is 0 Å². The second-order valence-corrected chi connectivity index (χ2v) is 1.08. The van der Waals surface area contributed by atoms with Crippen molar-refractivity contribution in [2.24, 2.45) is 5.10 Å². The molecule has 1 N–H and O–H groups in total. The summed E-state index contributed by atoms with van der Waals surface area (Å²) in [6, 6.07) is 0. The first-order valence-electron chi connectivity index (χ1n) is 3.03. The summed E-state index contributed by atoms with van der Waals surface area (Å²) in [5.74, 6) is 0. The van der Waals surface area contributed by atoms with Gasteiger partial charge in [0.2, 0.25) is 0 Å². The molecule has 0 aliphatic heterocycles. The number of hydrogen-bond donors (Lipinski definition) is 1. The van der Waals surface area contributed by atoms with E-state index in [0.717, 1.165) is 6.34 Å². The molecule has 0 fully saturated rings. The Hall–Kier alpha value is -0.860. The minimum absolute atomic E-state index is 1.14. The third-order valence-corrected chi connectivity index (χ3v) is 0.484. The van der Waals surface area contributed by atoms with Gasteiger partial charge < -0.3 is 0 Å². The van der Waals surface area contributed by atoms with E-state index in [9.17, 15) is 0 Å². The van der Waals surface area contributed by atoms with E-state index in [2.05, 4.69) is 5.10 Å². The SMILES string of the molecule is C/C=N\N(C)C=N.CC. The molecule has 3 nitrogen and oxygen atoms in total. The van der Waals surface area contributed by atoms with Gasteiger partial charge in [-0.05, 0) is 6.92 Å². The van der Waals surface area contributed by atoms with Crippen LogP contribution in [0, 0.1) is 5.41 Å². The summed E-state index contributed by atoms with van der Waals surface area (Å²) in [4.78, 5) is 0. The molecule has 0 rings (SSSR count). The number of nitrogens with zero attached hydrogens (tertiary/aromatic N) is 2. The van der Waals surface area contributed by atoms with Crippen molar-refractivity contribution in [1.82, 2.24) is 5.01 Å². The third-order valence-electron chi connectivity index (χ3n) is 0.484. The zero-order chi connectivity index (χ0) is 7.70. The summed E-state index contributed by atoms with van der Waals surface area (Å²) in [7, 11) is 1.70. The van der Waals surface area contributed by atoms with E-state index < -0.39 is 0 Å². The van der Waals surface area contributed by atoms with Gasteiger partial charge in [0.25, 0.3) is 0 Å². The van der Waals surface area contributed by atoms with Crippen molar-refractivity contribution in [1.29, 1.82) is 5.41 Å². The largest absolute Gasteiger partial charge is 0.290 e. The Bertz CT molecular complexity index is 78.4. The third kappa shape index (κ3) is 11.0. The van der Waals surface area contributed by atoms with Crippen molar-refractivity contribution in [3.8, 4) is 0 Å². The van der Waals surface area contributed by atoms with Crippen LogP contribution in [0.5, 0.6) is 0 Å². The Labute approximate surface area is 56.9 Å². The summed E-state index contributed by atoms with van der Waals surface area (Å²) >= 11 is 0. The van der Waals surface area contributed by atoms with Crippen LogP contribution in [-0.2, 0) is 0 Å². The van der Waals surface area contributed by atoms with Crippen LogP contribution in [0.3, 0.4) is 0 Å². The number of nitrogens with one attached hydrogen (secondary N) is 1. The van der Waals surface area contributed by atoms with E-state index in [0.29, 0.717) is 0 Å². The van der Waals surface area contributed by atoms with Crippen molar-refractivity contribution in [2.45, 2.75) is 20.8 Å². The van der Waals surface area contributed by atoms with Crippen LogP contribution in [0.1, 0.15) is 20.8 Å². The van der Waals surface area contributed by atoms with Crippen molar-refractivity contribution in [3.05, 3.63) is 0 Å². The highest BCUT2D eigenvalue weighted by molar-refractivity contribution is 5.57. The average molecular weight is 129 g/mol. The minimum atomic E-state index is 1.14. The van der Waals surface area contributed by atoms with E-state index in [-0.39, 0.29) is 0 Å². The summed E-state index contributed by atoms with van der Waals surface area (Å²) < 4.78 is 0. The molecule has 9 heavy (non-hydrogen) atoms. The number of rotatable bonds is 2. The zero-order valence-electron chi connectivity index (χ0n) is 6.55. The van der Waals surface area contributed by atoms with Gasteiger partial charge in [0.05, 0.1) is 0 Å². The maximum absolute atomic E-state index is 6.60. The van der Waals surface area contributed by atoms with Gasteiger partial charge in [-0.1, -0.05) is 13.8 Å². The van der Waals surface area contributed by atoms with Crippen LogP contribution >= 0.6 is 0 Å². The fraction of sp³-hybridized carbons (Fsp3) is 0.667. The monoisotopic (exact) mass is 129 g/mol. The highest BCUT2D eigenvalue weighted by Gasteiger charge is 1.73. The van der Waals surface area contributed by atoms with E-state index >= 15 is 0 Å². The highest BCUT2D eigenvalue weighted by atomic mass is 15.4. The molecule has 0 unspecified atom stereocenters. The molecule has 0 aliphatic carbocycles. The Kier molecular flexibility index (Phi) is 12.5. The lowest BCUT2D eigenvalue weighted by atomic mass is 10.9. The summed E-state index contributed by atoms with van der Waals surface area (Å²) in [5.41, 5.74) is 0. The molecule has 54 valence electrons. The van der Waals surface area contributed by atoms with Crippen LogP contribution in [-0.4, -0.2) is 24.6 Å². The smallest absolute Gasteiger partial charge is 0.102 e. The lowest BCUT2D eigenvalue weighted by Crippen LogP contribution is -2.05. The lowest BCUT2D eigenvalue weighted by Gasteiger charge is -1.99. The second kappa shape index (κ2) is 10.2. The Morgan fingerprint density at radius 1 is 1.44 bits per heavy atom. The van der Waals surface area contributed by atoms with Gasteiger partial charge in [-0.15, -0.1) is 0 Å². The molecule has 0 radical (unpaired) electrons. The fourth-order valence-corrected chi connectivity index (χ4v) is 0.215. The predicted molar refractivity (Wildman–Crippen MR) is 42.1 cm³/mol. The van der Waals surface area contributed by atoms with E-state index in [4.69, 9.17) is 5.41 Å². The predicted octanol–water partition coefficient (Wildman–Crippen LogP) is 1.56. The van der Waals surface area contributed by atoms with E-state index in [1.54, 1.807) is 20.2 Å². The van der Waals surface area contributed by atoms with Crippen LogP contribution in [0.2, 0.25) is 0 Å². The molecule has 0 aromatic heterocycles. The van der Waals surface area contributed by atoms with Crippen LogP contribution in [0.4, 0.5) is 0 Å². The lowest BCUT2D eigenvalue weighted by molar-refractivity contribution is 0.561. The van der Waals surface area contributed by atoms with Crippen molar-refractivity contribution < 1.29 is 0 Å². The molecule has 3 heteroatoms. The Morgan fingerprint density at radius 3 is 2.00 bits per heavy atom.